The number of carbonyl (C=O) groups excluding carboxylic acids is 1. The molecule has 5 fully saturated rings. The Hall–Kier alpha value is -2.09. The third-order valence-corrected chi connectivity index (χ3v) is 11.7. The van der Waals surface area contributed by atoms with Gasteiger partial charge < -0.3 is 24.2 Å². The zero-order valence-corrected chi connectivity index (χ0v) is 23.6. The lowest BCUT2D eigenvalue weighted by Crippen LogP contribution is -2.78. The minimum absolute atomic E-state index is 0.0496. The molecule has 1 aromatic carbocycles. The van der Waals surface area contributed by atoms with E-state index in [1.54, 1.807) is 7.11 Å². The van der Waals surface area contributed by atoms with Crippen molar-refractivity contribution in [3.63, 3.8) is 0 Å². The fraction of sp³-hybridized carbons (Fsp3) is 0.719. The van der Waals surface area contributed by atoms with Crippen molar-refractivity contribution in [2.24, 2.45) is 11.3 Å². The number of fused-ring (bicyclic) bond motifs is 1. The summed E-state index contributed by atoms with van der Waals surface area (Å²) in [5, 5.41) is 12.9. The highest BCUT2D eigenvalue weighted by molar-refractivity contribution is 5.89. The molecule has 1 N–H and O–H groups in total. The summed E-state index contributed by atoms with van der Waals surface area (Å²) in [4.78, 5) is 18.1. The molecule has 0 aromatic heterocycles. The van der Waals surface area contributed by atoms with Crippen LogP contribution in [0.5, 0.6) is 11.5 Å². The zero-order chi connectivity index (χ0) is 26.7. The van der Waals surface area contributed by atoms with E-state index in [4.69, 9.17) is 14.2 Å². The highest BCUT2D eigenvalue weighted by Gasteiger charge is 2.77. The molecule has 0 unspecified atom stereocenters. The SMILES string of the molecule is COc1ccc2c3c1O[C@H]1[C@@]4(CC/C4=C\C(=O)N4C[C@@H](C)O[C@@H](C)C4)CC[C@@]4(O)[C@@H](C2)N(CC2CC2)CC[C@]314. The normalized spacial score (nSPS) is 43.2. The minimum atomic E-state index is -0.833. The van der Waals surface area contributed by atoms with Crippen molar-refractivity contribution in [1.29, 1.82) is 0 Å². The quantitative estimate of drug-likeness (QED) is 0.596. The molecule has 8 rings (SSSR count). The van der Waals surface area contributed by atoms with E-state index in [0.29, 0.717) is 13.1 Å². The number of benzene rings is 1. The van der Waals surface area contributed by atoms with Crippen molar-refractivity contribution in [1.82, 2.24) is 9.80 Å². The van der Waals surface area contributed by atoms with Crippen LogP contribution in [0.3, 0.4) is 0 Å². The number of hydrogen-bond donors (Lipinski definition) is 1. The van der Waals surface area contributed by atoms with E-state index >= 15 is 0 Å². The van der Waals surface area contributed by atoms with Crippen molar-refractivity contribution < 1.29 is 24.1 Å². The van der Waals surface area contributed by atoms with Crippen molar-refractivity contribution in [2.75, 3.05) is 33.3 Å². The van der Waals surface area contributed by atoms with Gasteiger partial charge in [0.15, 0.2) is 11.5 Å². The topological polar surface area (TPSA) is 71.5 Å². The second-order valence-electron chi connectivity index (χ2n) is 13.8. The Balaban J connectivity index is 1.21. The van der Waals surface area contributed by atoms with Crippen LogP contribution in [0.1, 0.15) is 69.9 Å². The third-order valence-electron chi connectivity index (χ3n) is 11.7. The molecule has 7 aliphatic rings. The zero-order valence-electron chi connectivity index (χ0n) is 23.6. The van der Waals surface area contributed by atoms with E-state index in [2.05, 4.69) is 17.0 Å². The molecule has 7 heteroatoms. The number of amides is 1. The van der Waals surface area contributed by atoms with Gasteiger partial charge in [-0.05, 0) is 89.3 Å². The second kappa shape index (κ2) is 8.23. The molecular formula is C32H42N2O5. The molecule has 1 amide bonds. The van der Waals surface area contributed by atoms with Gasteiger partial charge in [-0.3, -0.25) is 9.69 Å². The summed E-state index contributed by atoms with van der Waals surface area (Å²) >= 11 is 0. The fourth-order valence-corrected chi connectivity index (χ4v) is 9.75. The Bertz CT molecular complexity index is 1250. The Morgan fingerprint density at radius 3 is 2.64 bits per heavy atom. The maximum atomic E-state index is 13.6. The van der Waals surface area contributed by atoms with Gasteiger partial charge in [0, 0.05) is 42.7 Å². The average molecular weight is 535 g/mol. The van der Waals surface area contributed by atoms with Crippen molar-refractivity contribution in [3.8, 4) is 11.5 Å². The second-order valence-corrected chi connectivity index (χ2v) is 13.8. The van der Waals surface area contributed by atoms with Crippen LogP contribution in [0.25, 0.3) is 0 Å². The smallest absolute Gasteiger partial charge is 0.246 e. The van der Waals surface area contributed by atoms with E-state index in [1.807, 2.05) is 24.8 Å². The number of rotatable bonds is 4. The summed E-state index contributed by atoms with van der Waals surface area (Å²) in [7, 11) is 1.71. The molecule has 3 heterocycles. The van der Waals surface area contributed by atoms with Crippen LogP contribution in [0.15, 0.2) is 23.8 Å². The number of likely N-dealkylation sites (tertiary alicyclic amines) is 1. The molecule has 210 valence electrons. The maximum absolute atomic E-state index is 13.6. The maximum Gasteiger partial charge on any atom is 0.246 e. The Labute approximate surface area is 231 Å². The molecular weight excluding hydrogens is 492 g/mol. The van der Waals surface area contributed by atoms with E-state index in [0.717, 1.165) is 69.0 Å². The summed E-state index contributed by atoms with van der Waals surface area (Å²) < 4.78 is 18.8. The van der Waals surface area contributed by atoms with Crippen LogP contribution in [-0.2, 0) is 21.4 Å². The minimum Gasteiger partial charge on any atom is -0.493 e. The summed E-state index contributed by atoms with van der Waals surface area (Å²) in [6.07, 6.45) is 9.82. The van der Waals surface area contributed by atoms with Crippen molar-refractivity contribution >= 4 is 5.91 Å². The van der Waals surface area contributed by atoms with Gasteiger partial charge in [-0.25, -0.2) is 0 Å². The lowest BCUT2D eigenvalue weighted by molar-refractivity contribution is -0.218. The lowest BCUT2D eigenvalue weighted by atomic mass is 9.40. The van der Waals surface area contributed by atoms with Crippen molar-refractivity contribution in [2.45, 2.75) is 101 Å². The van der Waals surface area contributed by atoms with E-state index in [1.165, 1.54) is 29.5 Å². The van der Waals surface area contributed by atoms with Gasteiger partial charge >= 0.3 is 0 Å². The van der Waals surface area contributed by atoms with Gasteiger partial charge in [0.05, 0.1) is 30.3 Å². The van der Waals surface area contributed by atoms with Gasteiger partial charge in [0.2, 0.25) is 5.91 Å². The number of hydrogen-bond acceptors (Lipinski definition) is 6. The van der Waals surface area contributed by atoms with Gasteiger partial charge in [-0.2, -0.15) is 0 Å². The standard InChI is InChI=1S/C32H42N2O5/c1-19-16-34(17-20(2)38-19)26(35)15-23-8-9-30(23)10-11-32(36)25-14-22-6-7-24(37-3)28-27(22)31(32,29(30)39-28)12-13-33(25)18-21-4-5-21/h6-7,15,19-21,25,29,36H,4-5,8-14,16-18H2,1-3H3/b23-15+/t19-,20+,25-,29+,30+,31+,32-/m1/s1. The fourth-order valence-electron chi connectivity index (χ4n) is 9.75. The molecule has 39 heavy (non-hydrogen) atoms. The van der Waals surface area contributed by atoms with Gasteiger partial charge in [0.1, 0.15) is 6.10 Å². The molecule has 3 saturated carbocycles. The highest BCUT2D eigenvalue weighted by Crippen LogP contribution is 2.73. The van der Waals surface area contributed by atoms with Crippen LogP contribution >= 0.6 is 0 Å². The molecule has 1 aromatic rings. The first kappa shape index (κ1) is 24.7. The molecule has 7 atom stereocenters. The third kappa shape index (κ3) is 3.18. The first-order chi connectivity index (χ1) is 18.8. The molecule has 3 aliphatic heterocycles. The first-order valence-corrected chi connectivity index (χ1v) is 15.3. The Morgan fingerprint density at radius 2 is 1.95 bits per heavy atom. The van der Waals surface area contributed by atoms with Gasteiger partial charge in [0.25, 0.3) is 0 Å². The predicted octanol–water partition coefficient (Wildman–Crippen LogP) is 3.60. The van der Waals surface area contributed by atoms with Gasteiger partial charge in [-0.15, -0.1) is 0 Å². The van der Waals surface area contributed by atoms with Crippen molar-refractivity contribution in [3.05, 3.63) is 34.9 Å². The number of morpholine rings is 1. The summed E-state index contributed by atoms with van der Waals surface area (Å²) in [5.41, 5.74) is 2.24. The predicted molar refractivity (Wildman–Crippen MR) is 146 cm³/mol. The summed E-state index contributed by atoms with van der Waals surface area (Å²) in [6, 6.07) is 4.40. The highest BCUT2D eigenvalue weighted by atomic mass is 16.5. The Kier molecular flexibility index (Phi) is 5.21. The van der Waals surface area contributed by atoms with Crippen LogP contribution in [0.4, 0.5) is 0 Å². The van der Waals surface area contributed by atoms with Gasteiger partial charge in [-0.1, -0.05) is 11.6 Å². The number of ether oxygens (including phenoxy) is 3. The number of carbonyl (C=O) groups is 1. The molecule has 2 spiro atoms. The van der Waals surface area contributed by atoms with Crippen LogP contribution in [0, 0.1) is 11.3 Å². The molecule has 2 saturated heterocycles. The Morgan fingerprint density at radius 1 is 1.15 bits per heavy atom. The first-order valence-electron chi connectivity index (χ1n) is 15.3. The number of aliphatic hydroxyl groups is 1. The molecule has 2 bridgehead atoms. The summed E-state index contributed by atoms with van der Waals surface area (Å²) in [6.45, 7) is 7.45. The monoisotopic (exact) mass is 534 g/mol. The van der Waals surface area contributed by atoms with Crippen LogP contribution in [0.2, 0.25) is 0 Å². The van der Waals surface area contributed by atoms with E-state index in [9.17, 15) is 9.90 Å². The molecule has 7 nitrogen and oxygen atoms in total. The lowest BCUT2D eigenvalue weighted by Gasteiger charge is -2.68. The number of nitrogens with zero attached hydrogens (tertiary/aromatic N) is 2. The molecule has 0 radical (unpaired) electrons. The number of methoxy groups -OCH3 is 1. The van der Waals surface area contributed by atoms with E-state index < -0.39 is 11.0 Å². The molecule has 4 aliphatic carbocycles. The van der Waals surface area contributed by atoms with E-state index in [-0.39, 0.29) is 35.7 Å². The van der Waals surface area contributed by atoms with Crippen LogP contribution < -0.4 is 9.47 Å². The summed E-state index contributed by atoms with van der Waals surface area (Å²) in [5.74, 6) is 2.51. The van der Waals surface area contributed by atoms with Crippen LogP contribution in [-0.4, -0.2) is 84.1 Å². The largest absolute Gasteiger partial charge is 0.493 e. The number of piperidine rings is 1. The average Bonchev–Trinajstić information content (AvgIpc) is 3.64.